The second-order valence-corrected chi connectivity index (χ2v) is 4.59. The van der Waals surface area contributed by atoms with Crippen LogP contribution in [0, 0.1) is 17.6 Å². The molecule has 1 aliphatic carbocycles. The summed E-state index contributed by atoms with van der Waals surface area (Å²) in [4.78, 5) is 0. The van der Waals surface area contributed by atoms with Crippen LogP contribution in [0.15, 0.2) is 18.2 Å². The number of hydrogen-bond donors (Lipinski definition) is 1. The van der Waals surface area contributed by atoms with Crippen LogP contribution in [0.1, 0.15) is 18.4 Å². The zero-order valence-corrected chi connectivity index (χ0v) is 9.70. The third-order valence-corrected chi connectivity index (χ3v) is 3.11. The van der Waals surface area contributed by atoms with Gasteiger partial charge in [-0.25, -0.2) is 8.78 Å². The topological polar surface area (TPSA) is 29.5 Å². The van der Waals surface area contributed by atoms with E-state index >= 15 is 0 Å². The van der Waals surface area contributed by atoms with Gasteiger partial charge < -0.3 is 9.84 Å². The molecule has 2 rings (SSSR count). The van der Waals surface area contributed by atoms with E-state index in [0.29, 0.717) is 11.5 Å². The Hall–Kier alpha value is -1.00. The van der Waals surface area contributed by atoms with E-state index in [9.17, 15) is 13.9 Å². The molecule has 2 nitrogen and oxygen atoms in total. The molecule has 0 spiro atoms. The predicted octanol–water partition coefficient (Wildman–Crippen LogP) is 2.29. The first-order valence-corrected chi connectivity index (χ1v) is 5.76. The number of hydrogen-bond acceptors (Lipinski definition) is 2. The molecule has 94 valence electrons. The summed E-state index contributed by atoms with van der Waals surface area (Å²) in [5.74, 6) is -0.853. The lowest BCUT2D eigenvalue weighted by atomic mass is 10.0. The van der Waals surface area contributed by atoms with Crippen LogP contribution in [0.25, 0.3) is 0 Å². The molecule has 1 aliphatic rings. The standard InChI is InChI=1S/C13H16F2O2/c1-17-13(9-2-3-9)12(16)6-8-4-10(14)7-11(15)5-8/h4-5,7,9,12-13,16H,2-3,6H2,1H3. The van der Waals surface area contributed by atoms with Crippen LogP contribution >= 0.6 is 0 Å². The molecule has 2 unspecified atom stereocenters. The summed E-state index contributed by atoms with van der Waals surface area (Å²) in [5.41, 5.74) is 0.456. The fourth-order valence-electron chi connectivity index (χ4n) is 2.17. The van der Waals surface area contributed by atoms with Gasteiger partial charge in [-0.3, -0.25) is 0 Å². The lowest BCUT2D eigenvalue weighted by Gasteiger charge is -2.21. The Morgan fingerprint density at radius 2 is 1.88 bits per heavy atom. The minimum Gasteiger partial charge on any atom is -0.390 e. The third-order valence-electron chi connectivity index (χ3n) is 3.11. The molecule has 1 aromatic rings. The molecule has 4 heteroatoms. The van der Waals surface area contributed by atoms with Crippen molar-refractivity contribution in [1.82, 2.24) is 0 Å². The number of rotatable bonds is 5. The molecule has 0 bridgehead atoms. The van der Waals surface area contributed by atoms with Crippen LogP contribution in [0.2, 0.25) is 0 Å². The van der Waals surface area contributed by atoms with Crippen molar-refractivity contribution in [3.05, 3.63) is 35.4 Å². The van der Waals surface area contributed by atoms with Crippen molar-refractivity contribution in [2.24, 2.45) is 5.92 Å². The van der Waals surface area contributed by atoms with Crippen LogP contribution in [-0.2, 0) is 11.2 Å². The summed E-state index contributed by atoms with van der Waals surface area (Å²) >= 11 is 0. The molecule has 0 aliphatic heterocycles. The molecule has 0 heterocycles. The van der Waals surface area contributed by atoms with Gasteiger partial charge in [0.05, 0.1) is 12.2 Å². The number of aliphatic hydroxyl groups is 1. The largest absolute Gasteiger partial charge is 0.390 e. The van der Waals surface area contributed by atoms with Gasteiger partial charge in [-0.15, -0.1) is 0 Å². The van der Waals surface area contributed by atoms with Crippen molar-refractivity contribution in [3.63, 3.8) is 0 Å². The molecule has 1 aromatic carbocycles. The fourth-order valence-corrected chi connectivity index (χ4v) is 2.17. The lowest BCUT2D eigenvalue weighted by molar-refractivity contribution is -0.0238. The van der Waals surface area contributed by atoms with E-state index < -0.39 is 17.7 Å². The van der Waals surface area contributed by atoms with Gasteiger partial charge in [0.25, 0.3) is 0 Å². The maximum absolute atomic E-state index is 13.0. The normalized spacial score (nSPS) is 19.1. The zero-order chi connectivity index (χ0) is 12.4. The number of aliphatic hydroxyl groups excluding tert-OH is 1. The number of methoxy groups -OCH3 is 1. The van der Waals surface area contributed by atoms with Gasteiger partial charge in [-0.1, -0.05) is 0 Å². The average molecular weight is 242 g/mol. The first-order chi connectivity index (χ1) is 8.10. The Morgan fingerprint density at radius 3 is 2.35 bits per heavy atom. The van der Waals surface area contributed by atoms with Crippen molar-refractivity contribution >= 4 is 0 Å². The van der Waals surface area contributed by atoms with Gasteiger partial charge in [0, 0.05) is 19.6 Å². The Bertz CT molecular complexity index is 371. The van der Waals surface area contributed by atoms with Gasteiger partial charge in [-0.05, 0) is 36.5 Å². The summed E-state index contributed by atoms with van der Waals surface area (Å²) in [5, 5.41) is 9.98. The van der Waals surface area contributed by atoms with Crippen LogP contribution in [0.4, 0.5) is 8.78 Å². The Balaban J connectivity index is 2.03. The molecule has 17 heavy (non-hydrogen) atoms. The second kappa shape index (κ2) is 5.10. The molecule has 0 aromatic heterocycles. The van der Waals surface area contributed by atoms with Crippen LogP contribution in [0.5, 0.6) is 0 Å². The molecule has 2 atom stereocenters. The minimum absolute atomic E-state index is 0.212. The summed E-state index contributed by atoms with van der Waals surface area (Å²) < 4.78 is 31.2. The van der Waals surface area contributed by atoms with Crippen molar-refractivity contribution in [3.8, 4) is 0 Å². The first-order valence-electron chi connectivity index (χ1n) is 5.76. The monoisotopic (exact) mass is 242 g/mol. The van der Waals surface area contributed by atoms with Crippen molar-refractivity contribution in [2.75, 3.05) is 7.11 Å². The van der Waals surface area contributed by atoms with E-state index in [1.54, 1.807) is 7.11 Å². The zero-order valence-electron chi connectivity index (χ0n) is 9.70. The van der Waals surface area contributed by atoms with Crippen molar-refractivity contribution in [2.45, 2.75) is 31.5 Å². The van der Waals surface area contributed by atoms with Crippen LogP contribution < -0.4 is 0 Å². The SMILES string of the molecule is COC(C(O)Cc1cc(F)cc(F)c1)C1CC1. The highest BCUT2D eigenvalue weighted by atomic mass is 19.1. The van der Waals surface area contributed by atoms with Crippen LogP contribution in [0.3, 0.4) is 0 Å². The number of halogens is 2. The highest BCUT2D eigenvalue weighted by Crippen LogP contribution is 2.36. The highest BCUT2D eigenvalue weighted by molar-refractivity contribution is 5.19. The highest BCUT2D eigenvalue weighted by Gasteiger charge is 2.36. The van der Waals surface area contributed by atoms with Gasteiger partial charge in [-0.2, -0.15) is 0 Å². The quantitative estimate of drug-likeness (QED) is 0.858. The first kappa shape index (κ1) is 12.5. The van der Waals surface area contributed by atoms with Gasteiger partial charge in [0.2, 0.25) is 0 Å². The van der Waals surface area contributed by atoms with E-state index in [0.717, 1.165) is 18.9 Å². The average Bonchev–Trinajstić information content (AvgIpc) is 3.01. The van der Waals surface area contributed by atoms with E-state index in [2.05, 4.69) is 0 Å². The minimum atomic E-state index is -0.714. The summed E-state index contributed by atoms with van der Waals surface area (Å²) in [6.07, 6.45) is 1.36. The van der Waals surface area contributed by atoms with Gasteiger partial charge in [0.15, 0.2) is 0 Å². The molecule has 0 radical (unpaired) electrons. The molecule has 1 fully saturated rings. The van der Waals surface area contributed by atoms with E-state index in [4.69, 9.17) is 4.74 Å². The summed E-state index contributed by atoms with van der Waals surface area (Å²) in [6, 6.07) is 3.31. The predicted molar refractivity (Wildman–Crippen MR) is 59.6 cm³/mol. The van der Waals surface area contributed by atoms with Gasteiger partial charge in [0.1, 0.15) is 11.6 Å². The second-order valence-electron chi connectivity index (χ2n) is 4.59. The van der Waals surface area contributed by atoms with Crippen molar-refractivity contribution < 1.29 is 18.6 Å². The maximum atomic E-state index is 13.0. The van der Waals surface area contributed by atoms with E-state index in [1.807, 2.05) is 0 Å². The fraction of sp³-hybridized carbons (Fsp3) is 0.538. The summed E-state index contributed by atoms with van der Waals surface area (Å²) in [6.45, 7) is 0. The number of ether oxygens (including phenoxy) is 1. The maximum Gasteiger partial charge on any atom is 0.126 e. The van der Waals surface area contributed by atoms with Crippen LogP contribution in [-0.4, -0.2) is 24.4 Å². The van der Waals surface area contributed by atoms with Crippen molar-refractivity contribution in [1.29, 1.82) is 0 Å². The smallest absolute Gasteiger partial charge is 0.126 e. The molecular formula is C13H16F2O2. The molecular weight excluding hydrogens is 226 g/mol. The Labute approximate surface area is 99.2 Å². The Morgan fingerprint density at radius 1 is 1.29 bits per heavy atom. The van der Waals surface area contributed by atoms with Gasteiger partial charge >= 0.3 is 0 Å². The number of benzene rings is 1. The molecule has 1 N–H and O–H groups in total. The lowest BCUT2D eigenvalue weighted by Crippen LogP contribution is -2.31. The Kier molecular flexibility index (Phi) is 3.74. The molecule has 0 amide bonds. The third kappa shape index (κ3) is 3.23. The van der Waals surface area contributed by atoms with E-state index in [-0.39, 0.29) is 12.5 Å². The molecule has 1 saturated carbocycles. The molecule has 0 saturated heterocycles. The summed E-state index contributed by atoms with van der Waals surface area (Å²) in [7, 11) is 1.55. The van der Waals surface area contributed by atoms with E-state index in [1.165, 1.54) is 12.1 Å².